The molecule has 1 aromatic carbocycles. The lowest BCUT2D eigenvalue weighted by molar-refractivity contribution is -0.131. The van der Waals surface area contributed by atoms with E-state index in [2.05, 4.69) is 57.3 Å². The fourth-order valence-electron chi connectivity index (χ4n) is 6.69. The largest absolute Gasteiger partial charge is 0.465 e. The standard InChI is InChI=1S/C37H59N7O6/c1-4-5-17-39-36(48)40-18-16-28(25(2)3)21-33(45)30(19-26-12-8-6-9-13-26)42-35(47)32(22-29-23-38-24-41-29)43-34(46)31(44-37(49)50)20-27-14-10-7-11-15-27/h7,10-11,14-15,23-26,28,30-33,44-45H,4-6,8-9,12-13,16-22H2,1-3H3,(H,38,41)(H,42,47)(H,43,46)(H,49,50)(H2,39,40,48)/t28-,30-,31-,32-,33+/m0/s1. The highest BCUT2D eigenvalue weighted by atomic mass is 16.4. The fraction of sp³-hybridized carbons (Fsp3) is 0.649. The molecule has 1 saturated carbocycles. The molecule has 0 spiro atoms. The van der Waals surface area contributed by atoms with Crippen molar-refractivity contribution in [3.63, 3.8) is 0 Å². The summed E-state index contributed by atoms with van der Waals surface area (Å²) >= 11 is 0. The number of aliphatic hydroxyl groups is 1. The summed E-state index contributed by atoms with van der Waals surface area (Å²) < 4.78 is 0. The lowest BCUT2D eigenvalue weighted by Crippen LogP contribution is -2.57. The van der Waals surface area contributed by atoms with Crippen molar-refractivity contribution >= 4 is 23.9 Å². The Kier molecular flexibility index (Phi) is 17.6. The lowest BCUT2D eigenvalue weighted by atomic mass is 9.80. The summed E-state index contributed by atoms with van der Waals surface area (Å²) in [6.07, 6.45) is 10.2. The second-order valence-corrected chi connectivity index (χ2v) is 14.0. The van der Waals surface area contributed by atoms with Gasteiger partial charge in [-0.05, 0) is 49.0 Å². The van der Waals surface area contributed by atoms with Gasteiger partial charge in [0.2, 0.25) is 11.8 Å². The van der Waals surface area contributed by atoms with Gasteiger partial charge < -0.3 is 41.8 Å². The van der Waals surface area contributed by atoms with Crippen LogP contribution in [0, 0.1) is 17.8 Å². The highest BCUT2D eigenvalue weighted by molar-refractivity contribution is 5.91. The zero-order valence-corrected chi connectivity index (χ0v) is 30.0. The minimum absolute atomic E-state index is 0.0685. The van der Waals surface area contributed by atoms with E-state index in [0.717, 1.165) is 44.1 Å². The summed E-state index contributed by atoms with van der Waals surface area (Å²) in [5, 5.41) is 35.2. The van der Waals surface area contributed by atoms with E-state index in [-0.39, 0.29) is 30.7 Å². The van der Waals surface area contributed by atoms with E-state index in [1.54, 1.807) is 18.3 Å². The van der Waals surface area contributed by atoms with E-state index in [4.69, 9.17) is 0 Å². The Morgan fingerprint density at radius 1 is 0.920 bits per heavy atom. The first-order valence-corrected chi connectivity index (χ1v) is 18.4. The van der Waals surface area contributed by atoms with Gasteiger partial charge in [-0.2, -0.15) is 0 Å². The number of rotatable bonds is 21. The van der Waals surface area contributed by atoms with Crippen LogP contribution in [0.3, 0.4) is 0 Å². The molecule has 8 N–H and O–H groups in total. The number of hydrogen-bond donors (Lipinski definition) is 8. The SMILES string of the molecule is CCCCNC(=O)NCC[C@@H](C[C@@H](O)[C@H](CC1CCCCC1)NC(=O)[C@H](Cc1c[nH]cn1)NC(=O)[C@H](Cc1ccccc1)NC(=O)O)C(C)C. The van der Waals surface area contributed by atoms with E-state index in [9.17, 15) is 29.4 Å². The zero-order valence-electron chi connectivity index (χ0n) is 30.0. The summed E-state index contributed by atoms with van der Waals surface area (Å²) in [5.41, 5.74) is 1.31. The molecule has 0 radical (unpaired) electrons. The van der Waals surface area contributed by atoms with Gasteiger partial charge >= 0.3 is 12.1 Å². The number of aliphatic hydroxyl groups excluding tert-OH is 1. The Morgan fingerprint density at radius 3 is 2.24 bits per heavy atom. The molecule has 1 aliphatic carbocycles. The summed E-state index contributed by atoms with van der Waals surface area (Å²) in [6, 6.07) is 6.09. The van der Waals surface area contributed by atoms with Crippen LogP contribution in [0.25, 0.3) is 0 Å². The number of benzene rings is 1. The van der Waals surface area contributed by atoms with Crippen molar-refractivity contribution in [2.24, 2.45) is 17.8 Å². The van der Waals surface area contributed by atoms with Crippen molar-refractivity contribution in [3.8, 4) is 0 Å². The number of H-pyrrole nitrogens is 1. The average Bonchev–Trinajstić information content (AvgIpc) is 3.61. The van der Waals surface area contributed by atoms with Crippen molar-refractivity contribution in [1.82, 2.24) is 36.6 Å². The van der Waals surface area contributed by atoms with Gasteiger partial charge in [-0.15, -0.1) is 0 Å². The van der Waals surface area contributed by atoms with Crippen LogP contribution >= 0.6 is 0 Å². The average molecular weight is 698 g/mol. The van der Waals surface area contributed by atoms with Crippen LogP contribution in [-0.4, -0.2) is 81.4 Å². The number of urea groups is 1. The van der Waals surface area contributed by atoms with Crippen LogP contribution in [0.2, 0.25) is 0 Å². The van der Waals surface area contributed by atoms with Crippen molar-refractivity contribution in [2.45, 2.75) is 122 Å². The van der Waals surface area contributed by atoms with Crippen molar-refractivity contribution in [2.75, 3.05) is 13.1 Å². The molecule has 278 valence electrons. The van der Waals surface area contributed by atoms with E-state index >= 15 is 0 Å². The van der Waals surface area contributed by atoms with Crippen molar-refractivity contribution in [3.05, 3.63) is 54.1 Å². The predicted molar refractivity (Wildman–Crippen MR) is 192 cm³/mol. The number of hydrogen-bond acceptors (Lipinski definition) is 6. The number of amides is 5. The molecule has 1 aliphatic rings. The molecule has 0 aliphatic heterocycles. The Labute approximate surface area is 296 Å². The van der Waals surface area contributed by atoms with Crippen LogP contribution in [0.15, 0.2) is 42.9 Å². The van der Waals surface area contributed by atoms with Crippen LogP contribution in [0.4, 0.5) is 9.59 Å². The normalized spacial score (nSPS) is 16.4. The number of imidazole rings is 1. The molecule has 5 amide bonds. The molecule has 0 saturated heterocycles. The molecule has 13 heteroatoms. The topological polar surface area (TPSA) is 198 Å². The Balaban J connectivity index is 1.75. The molecule has 50 heavy (non-hydrogen) atoms. The molecule has 13 nitrogen and oxygen atoms in total. The molecular weight excluding hydrogens is 638 g/mol. The first-order chi connectivity index (χ1) is 24.0. The van der Waals surface area contributed by atoms with Gasteiger partial charge in [-0.25, -0.2) is 14.6 Å². The molecule has 1 fully saturated rings. The van der Waals surface area contributed by atoms with Crippen molar-refractivity contribution in [1.29, 1.82) is 0 Å². The zero-order chi connectivity index (χ0) is 36.3. The Hall–Kier alpha value is -4.13. The molecule has 5 atom stereocenters. The molecular formula is C37H59N7O6. The fourth-order valence-corrected chi connectivity index (χ4v) is 6.69. The maximum absolute atomic E-state index is 14.1. The van der Waals surface area contributed by atoms with Gasteiger partial charge in [0, 0.05) is 32.1 Å². The summed E-state index contributed by atoms with van der Waals surface area (Å²) in [4.78, 5) is 58.6. The third-order valence-electron chi connectivity index (χ3n) is 9.71. The number of carboxylic acid groups (broad SMARTS) is 1. The summed E-state index contributed by atoms with van der Waals surface area (Å²) in [6.45, 7) is 7.36. The van der Waals surface area contributed by atoms with Gasteiger partial charge in [0.15, 0.2) is 0 Å². The van der Waals surface area contributed by atoms with E-state index in [0.29, 0.717) is 44.0 Å². The quantitative estimate of drug-likeness (QED) is 0.0891. The highest BCUT2D eigenvalue weighted by Gasteiger charge is 2.33. The van der Waals surface area contributed by atoms with Crippen LogP contribution in [0.5, 0.6) is 0 Å². The van der Waals surface area contributed by atoms with Gasteiger partial charge in [-0.3, -0.25) is 9.59 Å². The van der Waals surface area contributed by atoms with E-state index in [1.807, 2.05) is 18.2 Å². The van der Waals surface area contributed by atoms with Gasteiger partial charge in [0.1, 0.15) is 12.1 Å². The maximum atomic E-state index is 14.1. The molecule has 1 heterocycles. The van der Waals surface area contributed by atoms with Gasteiger partial charge in [0.05, 0.1) is 24.2 Å². The van der Waals surface area contributed by atoms with Crippen LogP contribution < -0.4 is 26.6 Å². The van der Waals surface area contributed by atoms with Crippen LogP contribution in [0.1, 0.15) is 96.2 Å². The smallest absolute Gasteiger partial charge is 0.405 e. The number of nitrogens with one attached hydrogen (secondary N) is 6. The monoisotopic (exact) mass is 697 g/mol. The number of carbonyl (C=O) groups is 4. The highest BCUT2D eigenvalue weighted by Crippen LogP contribution is 2.30. The van der Waals surface area contributed by atoms with Crippen LogP contribution in [-0.2, 0) is 22.4 Å². The predicted octanol–water partition coefficient (Wildman–Crippen LogP) is 4.28. The lowest BCUT2D eigenvalue weighted by Gasteiger charge is -2.34. The second-order valence-electron chi connectivity index (χ2n) is 14.0. The number of unbranched alkanes of at least 4 members (excludes halogenated alkanes) is 1. The Bertz CT molecular complexity index is 1290. The first-order valence-electron chi connectivity index (χ1n) is 18.4. The number of nitrogens with zero attached hydrogens (tertiary/aromatic N) is 1. The minimum atomic E-state index is -1.35. The third kappa shape index (κ3) is 14.8. The van der Waals surface area contributed by atoms with Gasteiger partial charge in [0.25, 0.3) is 0 Å². The van der Waals surface area contributed by atoms with E-state index < -0.39 is 42.1 Å². The summed E-state index contributed by atoms with van der Waals surface area (Å²) in [5.74, 6) is -0.435. The second kappa shape index (κ2) is 21.8. The Morgan fingerprint density at radius 2 is 1.60 bits per heavy atom. The van der Waals surface area contributed by atoms with Gasteiger partial charge in [-0.1, -0.05) is 89.6 Å². The molecule has 3 rings (SSSR count). The third-order valence-corrected chi connectivity index (χ3v) is 9.71. The molecule has 0 unspecified atom stereocenters. The maximum Gasteiger partial charge on any atom is 0.405 e. The molecule has 2 aromatic rings. The van der Waals surface area contributed by atoms with E-state index in [1.165, 1.54) is 12.7 Å². The summed E-state index contributed by atoms with van der Waals surface area (Å²) in [7, 11) is 0. The van der Waals surface area contributed by atoms with Crippen molar-refractivity contribution < 1.29 is 29.4 Å². The number of carbonyl (C=O) groups excluding carboxylic acids is 3. The first kappa shape index (κ1) is 40.3. The number of aromatic nitrogens is 2. The minimum Gasteiger partial charge on any atom is -0.465 e. The number of aromatic amines is 1. The molecule has 0 bridgehead atoms. The molecule has 1 aromatic heterocycles.